The van der Waals surface area contributed by atoms with Crippen LogP contribution in [0.15, 0.2) is 24.8 Å². The maximum absolute atomic E-state index is 5.59. The van der Waals surface area contributed by atoms with Crippen LogP contribution in [0.2, 0.25) is 0 Å². The molecule has 0 bridgehead atoms. The number of hydrogen-bond donors (Lipinski definition) is 1. The summed E-state index contributed by atoms with van der Waals surface area (Å²) in [6.45, 7) is 6.20. The monoisotopic (exact) mass is 281 g/mol. The van der Waals surface area contributed by atoms with E-state index >= 15 is 0 Å². The topological polar surface area (TPSA) is 49.0 Å². The van der Waals surface area contributed by atoms with Crippen molar-refractivity contribution in [2.45, 2.75) is 6.54 Å². The molecule has 0 amide bonds. The van der Waals surface area contributed by atoms with Crippen LogP contribution in [0.5, 0.6) is 17.2 Å². The highest BCUT2D eigenvalue weighted by Crippen LogP contribution is 2.38. The van der Waals surface area contributed by atoms with Gasteiger partial charge in [-0.2, -0.15) is 0 Å². The Hall–Kier alpha value is -1.72. The summed E-state index contributed by atoms with van der Waals surface area (Å²) in [5.41, 5.74) is 1.06. The lowest BCUT2D eigenvalue weighted by atomic mass is 10.1. The Labute approximate surface area is 120 Å². The highest BCUT2D eigenvalue weighted by atomic mass is 16.5. The second-order valence-electron chi connectivity index (χ2n) is 4.10. The van der Waals surface area contributed by atoms with Gasteiger partial charge < -0.3 is 24.3 Å². The summed E-state index contributed by atoms with van der Waals surface area (Å²) >= 11 is 0. The van der Waals surface area contributed by atoms with Gasteiger partial charge in [0.05, 0.1) is 20.8 Å². The van der Waals surface area contributed by atoms with E-state index in [1.165, 1.54) is 0 Å². The third-order valence-corrected chi connectivity index (χ3v) is 2.68. The molecule has 0 heterocycles. The summed E-state index contributed by atoms with van der Waals surface area (Å²) in [4.78, 5) is 0. The zero-order valence-corrected chi connectivity index (χ0v) is 12.4. The lowest BCUT2D eigenvalue weighted by molar-refractivity contribution is 0.199. The molecular weight excluding hydrogens is 258 g/mol. The lowest BCUT2D eigenvalue weighted by Crippen LogP contribution is -2.18. The minimum Gasteiger partial charge on any atom is -0.493 e. The maximum Gasteiger partial charge on any atom is 0.203 e. The highest BCUT2D eigenvalue weighted by molar-refractivity contribution is 5.54. The van der Waals surface area contributed by atoms with Gasteiger partial charge in [0.2, 0.25) is 5.75 Å². The van der Waals surface area contributed by atoms with E-state index in [9.17, 15) is 0 Å². The number of rotatable bonds is 10. The first-order valence-corrected chi connectivity index (χ1v) is 6.45. The molecule has 0 radical (unpaired) electrons. The van der Waals surface area contributed by atoms with Crippen molar-refractivity contribution < 1.29 is 18.9 Å². The molecule has 0 unspecified atom stereocenters. The van der Waals surface area contributed by atoms with Gasteiger partial charge in [-0.15, -0.1) is 0 Å². The molecule has 112 valence electrons. The van der Waals surface area contributed by atoms with Gasteiger partial charge >= 0.3 is 0 Å². The van der Waals surface area contributed by atoms with Crippen LogP contribution in [-0.2, 0) is 11.3 Å². The van der Waals surface area contributed by atoms with Gasteiger partial charge in [0.1, 0.15) is 6.61 Å². The van der Waals surface area contributed by atoms with Gasteiger partial charge in [-0.1, -0.05) is 12.7 Å². The van der Waals surface area contributed by atoms with Crippen LogP contribution in [0, 0.1) is 0 Å². The van der Waals surface area contributed by atoms with Crippen LogP contribution in [0.4, 0.5) is 0 Å². The van der Waals surface area contributed by atoms with Gasteiger partial charge in [0.15, 0.2) is 11.5 Å². The third-order valence-electron chi connectivity index (χ3n) is 2.68. The fourth-order valence-corrected chi connectivity index (χ4v) is 1.73. The summed E-state index contributed by atoms with van der Waals surface area (Å²) in [5.74, 6) is 1.89. The van der Waals surface area contributed by atoms with Crippen LogP contribution in [0.1, 0.15) is 5.56 Å². The first-order valence-electron chi connectivity index (χ1n) is 6.45. The van der Waals surface area contributed by atoms with Crippen LogP contribution in [-0.4, -0.2) is 41.1 Å². The molecule has 1 aromatic carbocycles. The van der Waals surface area contributed by atoms with Crippen LogP contribution in [0.25, 0.3) is 0 Å². The van der Waals surface area contributed by atoms with Crippen molar-refractivity contribution in [3.05, 3.63) is 30.4 Å². The predicted octanol–water partition coefficient (Wildman–Crippen LogP) is 2.00. The average Bonchev–Trinajstić information content (AvgIpc) is 2.49. The minimum absolute atomic E-state index is 0.401. The van der Waals surface area contributed by atoms with Gasteiger partial charge in [-0.3, -0.25) is 0 Å². The first kappa shape index (κ1) is 16.3. The molecule has 1 N–H and O–H groups in total. The van der Waals surface area contributed by atoms with Crippen LogP contribution in [0.3, 0.4) is 0 Å². The zero-order valence-electron chi connectivity index (χ0n) is 12.4. The van der Waals surface area contributed by atoms with E-state index in [0.717, 1.165) is 12.1 Å². The standard InChI is InChI=1S/C15H23NO4/c1-5-7-20-15-13(18-3)9-12(10-14(15)19-4)11-16-6-8-17-2/h5,9-10,16H,1,6-8,11H2,2-4H3. The summed E-state index contributed by atoms with van der Waals surface area (Å²) in [7, 11) is 4.90. The van der Waals surface area contributed by atoms with Crippen molar-refractivity contribution in [3.8, 4) is 17.2 Å². The van der Waals surface area contributed by atoms with Crippen molar-refractivity contribution in [3.63, 3.8) is 0 Å². The largest absolute Gasteiger partial charge is 0.493 e. The zero-order chi connectivity index (χ0) is 14.8. The smallest absolute Gasteiger partial charge is 0.203 e. The van der Waals surface area contributed by atoms with Gasteiger partial charge in [-0.25, -0.2) is 0 Å². The van der Waals surface area contributed by atoms with E-state index in [1.807, 2.05) is 12.1 Å². The average molecular weight is 281 g/mol. The third kappa shape index (κ3) is 4.75. The summed E-state index contributed by atoms with van der Waals surface area (Å²) in [5, 5.41) is 3.27. The Balaban J connectivity index is 2.84. The van der Waals surface area contributed by atoms with Crippen molar-refractivity contribution in [2.75, 3.05) is 41.1 Å². The van der Waals surface area contributed by atoms with Crippen LogP contribution >= 0.6 is 0 Å². The van der Waals surface area contributed by atoms with Crippen molar-refractivity contribution >= 4 is 0 Å². The molecule has 0 saturated heterocycles. The maximum atomic E-state index is 5.59. The van der Waals surface area contributed by atoms with Crippen molar-refractivity contribution in [2.24, 2.45) is 0 Å². The minimum atomic E-state index is 0.401. The quantitative estimate of drug-likeness (QED) is 0.525. The lowest BCUT2D eigenvalue weighted by Gasteiger charge is -2.15. The molecule has 0 aliphatic rings. The first-order chi connectivity index (χ1) is 9.76. The van der Waals surface area contributed by atoms with Crippen molar-refractivity contribution in [1.29, 1.82) is 0 Å². The molecular formula is C15H23NO4. The number of benzene rings is 1. The summed E-state index contributed by atoms with van der Waals surface area (Å²) in [6.07, 6.45) is 1.68. The van der Waals surface area contributed by atoms with Crippen LogP contribution < -0.4 is 19.5 Å². The molecule has 0 saturated carbocycles. The number of hydrogen-bond acceptors (Lipinski definition) is 5. The second kappa shape index (κ2) is 9.23. The molecule has 1 rings (SSSR count). The van der Waals surface area contributed by atoms with Gasteiger partial charge in [-0.05, 0) is 17.7 Å². The van der Waals surface area contributed by atoms with Gasteiger partial charge in [0, 0.05) is 20.2 Å². The molecule has 5 heteroatoms. The normalized spacial score (nSPS) is 10.2. The predicted molar refractivity (Wildman–Crippen MR) is 78.8 cm³/mol. The van der Waals surface area contributed by atoms with E-state index in [-0.39, 0.29) is 0 Å². The van der Waals surface area contributed by atoms with E-state index in [2.05, 4.69) is 11.9 Å². The number of methoxy groups -OCH3 is 3. The SMILES string of the molecule is C=CCOc1c(OC)cc(CNCCOC)cc1OC. The summed E-state index contributed by atoms with van der Waals surface area (Å²) < 4.78 is 21.3. The van der Waals surface area contributed by atoms with Crippen molar-refractivity contribution in [1.82, 2.24) is 5.32 Å². The summed E-state index contributed by atoms with van der Waals surface area (Å²) in [6, 6.07) is 3.86. The molecule has 5 nitrogen and oxygen atoms in total. The van der Waals surface area contributed by atoms with E-state index in [0.29, 0.717) is 37.0 Å². The molecule has 0 aromatic heterocycles. The Morgan fingerprint density at radius 1 is 1.15 bits per heavy atom. The molecule has 0 aliphatic carbocycles. The molecule has 0 fully saturated rings. The molecule has 0 spiro atoms. The Kier molecular flexibility index (Phi) is 7.54. The number of ether oxygens (including phenoxy) is 4. The fourth-order valence-electron chi connectivity index (χ4n) is 1.73. The van der Waals surface area contributed by atoms with E-state index in [4.69, 9.17) is 18.9 Å². The second-order valence-corrected chi connectivity index (χ2v) is 4.10. The molecule has 0 atom stereocenters. The Morgan fingerprint density at radius 3 is 2.30 bits per heavy atom. The Morgan fingerprint density at radius 2 is 1.80 bits per heavy atom. The number of nitrogens with one attached hydrogen (secondary N) is 1. The Bertz CT molecular complexity index is 395. The molecule has 20 heavy (non-hydrogen) atoms. The van der Waals surface area contributed by atoms with Gasteiger partial charge in [0.25, 0.3) is 0 Å². The van der Waals surface area contributed by atoms with E-state index in [1.54, 1.807) is 27.4 Å². The molecule has 1 aromatic rings. The highest BCUT2D eigenvalue weighted by Gasteiger charge is 2.13. The fraction of sp³-hybridized carbons (Fsp3) is 0.467. The molecule has 0 aliphatic heterocycles. The van der Waals surface area contributed by atoms with E-state index < -0.39 is 0 Å².